The summed E-state index contributed by atoms with van der Waals surface area (Å²) in [4.78, 5) is 22.5. The number of rotatable bonds is 9. The predicted molar refractivity (Wildman–Crippen MR) is 154 cm³/mol. The van der Waals surface area contributed by atoms with Crippen LogP contribution in [0.25, 0.3) is 22.2 Å². The van der Waals surface area contributed by atoms with Crippen LogP contribution in [0.5, 0.6) is 5.75 Å². The molecule has 9 heteroatoms. The first-order valence-corrected chi connectivity index (χ1v) is 14.2. The van der Waals surface area contributed by atoms with Crippen molar-refractivity contribution in [3.05, 3.63) is 88.7 Å². The Morgan fingerprint density at radius 1 is 1.05 bits per heavy atom. The minimum Gasteiger partial charge on any atom is -0.494 e. The molecule has 0 spiro atoms. The first-order valence-electron chi connectivity index (χ1n) is 14.2. The maximum atomic E-state index is 15.7. The highest BCUT2D eigenvalue weighted by molar-refractivity contribution is 6.00. The van der Waals surface area contributed by atoms with Gasteiger partial charge in [-0.05, 0) is 105 Å². The second-order valence-corrected chi connectivity index (χ2v) is 12.0. The van der Waals surface area contributed by atoms with Crippen LogP contribution in [-0.4, -0.2) is 39.7 Å². The summed E-state index contributed by atoms with van der Waals surface area (Å²) in [5.41, 5.74) is -0.849. The molecule has 2 aromatic carbocycles. The number of methoxy groups -OCH3 is 1. The molecule has 2 aliphatic rings. The fourth-order valence-electron chi connectivity index (χ4n) is 5.48. The van der Waals surface area contributed by atoms with Crippen LogP contribution in [-0.2, 0) is 11.2 Å². The van der Waals surface area contributed by atoms with Crippen LogP contribution in [0.4, 0.5) is 8.78 Å². The third-order valence-corrected chi connectivity index (χ3v) is 8.25. The largest absolute Gasteiger partial charge is 0.494 e. The van der Waals surface area contributed by atoms with Gasteiger partial charge >= 0.3 is 0 Å². The molecule has 218 valence electrons. The molecule has 0 saturated heterocycles. The van der Waals surface area contributed by atoms with Gasteiger partial charge in [0, 0.05) is 28.3 Å². The molecule has 2 aliphatic carbocycles. The van der Waals surface area contributed by atoms with Crippen molar-refractivity contribution in [2.75, 3.05) is 13.7 Å². The summed E-state index contributed by atoms with van der Waals surface area (Å²) in [7, 11) is 1.53. The van der Waals surface area contributed by atoms with E-state index >= 15 is 4.39 Å². The van der Waals surface area contributed by atoms with Crippen LogP contribution in [0.2, 0.25) is 0 Å². The van der Waals surface area contributed by atoms with E-state index < -0.39 is 28.7 Å². The summed E-state index contributed by atoms with van der Waals surface area (Å²) in [6.45, 7) is 2.69. The maximum Gasteiger partial charge on any atom is 0.251 e. The molecular formula is C33H33F2N3O4. The molecule has 3 N–H and O–H groups in total. The van der Waals surface area contributed by atoms with Gasteiger partial charge in [0.25, 0.3) is 5.91 Å². The first-order chi connectivity index (χ1) is 20.0. The fraction of sp³-hybridized carbons (Fsp3) is 0.364. The van der Waals surface area contributed by atoms with Gasteiger partial charge < -0.3 is 20.3 Å². The monoisotopic (exact) mass is 573 g/mol. The molecule has 1 amide bonds. The summed E-state index contributed by atoms with van der Waals surface area (Å²) in [5, 5.41) is 26.5. The highest BCUT2D eigenvalue weighted by atomic mass is 19.1. The van der Waals surface area contributed by atoms with Crippen molar-refractivity contribution in [1.29, 1.82) is 0 Å². The Bertz CT molecular complexity index is 1680. The van der Waals surface area contributed by atoms with Crippen LogP contribution in [0.15, 0.2) is 54.7 Å². The number of fused-ring (bicyclic) bond motifs is 1. The highest BCUT2D eigenvalue weighted by Gasteiger charge is 2.47. The number of nitrogens with one attached hydrogen (secondary N) is 1. The Kier molecular flexibility index (Phi) is 6.98. The third kappa shape index (κ3) is 5.34. The third-order valence-electron chi connectivity index (χ3n) is 8.25. The molecule has 2 heterocycles. The van der Waals surface area contributed by atoms with Gasteiger partial charge in [0.15, 0.2) is 5.82 Å². The van der Waals surface area contributed by atoms with Gasteiger partial charge in [0.2, 0.25) is 0 Å². The lowest BCUT2D eigenvalue weighted by molar-refractivity contribution is 0.00864. The van der Waals surface area contributed by atoms with E-state index in [1.165, 1.54) is 51.3 Å². The second kappa shape index (κ2) is 10.4. The molecule has 0 aliphatic heterocycles. The first kappa shape index (κ1) is 28.2. The van der Waals surface area contributed by atoms with Crippen LogP contribution < -0.4 is 10.1 Å². The summed E-state index contributed by atoms with van der Waals surface area (Å²) in [6.07, 6.45) is 5.48. The van der Waals surface area contributed by atoms with Crippen molar-refractivity contribution in [3.63, 3.8) is 0 Å². The molecular weight excluding hydrogens is 540 g/mol. The summed E-state index contributed by atoms with van der Waals surface area (Å²) in [5.74, 6) is -0.938. The number of aromatic nitrogens is 2. The maximum absolute atomic E-state index is 15.7. The van der Waals surface area contributed by atoms with E-state index in [2.05, 4.69) is 15.3 Å². The number of benzene rings is 2. The average Bonchev–Trinajstić information content (AvgIpc) is 3.88. The number of ether oxygens (including phenoxy) is 1. The Labute approximate surface area is 242 Å². The lowest BCUT2D eigenvalue weighted by Crippen LogP contribution is -2.43. The summed E-state index contributed by atoms with van der Waals surface area (Å²) in [6, 6.07) is 12.0. The summed E-state index contributed by atoms with van der Waals surface area (Å²) < 4.78 is 34.8. The van der Waals surface area contributed by atoms with Crippen molar-refractivity contribution in [3.8, 4) is 17.0 Å². The van der Waals surface area contributed by atoms with E-state index in [1.807, 2.05) is 12.3 Å². The van der Waals surface area contributed by atoms with Crippen molar-refractivity contribution in [1.82, 2.24) is 15.3 Å². The van der Waals surface area contributed by atoms with Gasteiger partial charge in [0.1, 0.15) is 28.4 Å². The Balaban J connectivity index is 1.35. The van der Waals surface area contributed by atoms with Crippen LogP contribution in [0.3, 0.4) is 0 Å². The molecule has 2 fully saturated rings. The minimum absolute atomic E-state index is 0.0598. The quantitative estimate of drug-likeness (QED) is 0.237. The zero-order chi connectivity index (χ0) is 29.8. The van der Waals surface area contributed by atoms with Crippen LogP contribution >= 0.6 is 0 Å². The molecule has 2 aromatic heterocycles. The Morgan fingerprint density at radius 2 is 1.76 bits per heavy atom. The second-order valence-electron chi connectivity index (χ2n) is 12.0. The molecule has 0 bridgehead atoms. The molecule has 1 atom stereocenters. The minimum atomic E-state index is -1.64. The molecule has 4 aromatic rings. The van der Waals surface area contributed by atoms with Crippen molar-refractivity contribution >= 4 is 16.8 Å². The zero-order valence-corrected chi connectivity index (χ0v) is 23.7. The van der Waals surface area contributed by atoms with Crippen molar-refractivity contribution < 1.29 is 28.5 Å². The van der Waals surface area contributed by atoms with E-state index in [4.69, 9.17) is 4.74 Å². The Morgan fingerprint density at radius 3 is 2.38 bits per heavy atom. The zero-order valence-electron chi connectivity index (χ0n) is 23.7. The van der Waals surface area contributed by atoms with Gasteiger partial charge in [-0.25, -0.2) is 13.8 Å². The van der Waals surface area contributed by atoms with E-state index in [0.29, 0.717) is 41.2 Å². The number of halogens is 2. The molecule has 1 unspecified atom stereocenters. The number of aliphatic hydroxyl groups is 2. The predicted octanol–water partition coefficient (Wildman–Crippen LogP) is 5.72. The smallest absolute Gasteiger partial charge is 0.251 e. The number of carbonyl (C=O) groups is 1. The van der Waals surface area contributed by atoms with Gasteiger partial charge in [-0.3, -0.25) is 9.78 Å². The van der Waals surface area contributed by atoms with E-state index in [-0.39, 0.29) is 29.4 Å². The fourth-order valence-corrected chi connectivity index (χ4v) is 5.48. The van der Waals surface area contributed by atoms with Crippen molar-refractivity contribution in [2.45, 2.75) is 56.7 Å². The normalized spacial score (nSPS) is 16.7. The van der Waals surface area contributed by atoms with Gasteiger partial charge in [-0.15, -0.1) is 0 Å². The lowest BCUT2D eigenvalue weighted by Gasteiger charge is -2.31. The van der Waals surface area contributed by atoms with Gasteiger partial charge in [-0.1, -0.05) is 0 Å². The lowest BCUT2D eigenvalue weighted by atomic mass is 9.87. The molecule has 6 rings (SSSR count). The van der Waals surface area contributed by atoms with E-state index in [0.717, 1.165) is 23.8 Å². The molecule has 0 radical (unpaired) electrons. The number of nitrogens with zero attached hydrogens (tertiary/aromatic N) is 2. The van der Waals surface area contributed by atoms with E-state index in [1.54, 1.807) is 12.1 Å². The van der Waals surface area contributed by atoms with Gasteiger partial charge in [-0.2, -0.15) is 0 Å². The van der Waals surface area contributed by atoms with Gasteiger partial charge in [0.05, 0.1) is 24.9 Å². The number of amides is 1. The van der Waals surface area contributed by atoms with E-state index in [9.17, 15) is 19.4 Å². The highest BCUT2D eigenvalue weighted by Crippen LogP contribution is 2.46. The topological polar surface area (TPSA) is 105 Å². The number of hydrogen-bond donors (Lipinski definition) is 3. The molecule has 2 saturated carbocycles. The van der Waals surface area contributed by atoms with Crippen LogP contribution in [0.1, 0.15) is 72.6 Å². The number of pyridine rings is 2. The van der Waals surface area contributed by atoms with Crippen molar-refractivity contribution in [2.24, 2.45) is 5.92 Å². The SMILES string of the molecule is COc1cc(C(=O)NCC(O)(c2cc(C(C)(C)O)c(F)c(-c3ccc(F)cc3)n2)C2CC2)cc2cc(C3CC3)cnc12. The van der Waals surface area contributed by atoms with Crippen LogP contribution in [0, 0.1) is 17.6 Å². The number of carbonyl (C=O) groups excluding carboxylic acids is 1. The molecule has 7 nitrogen and oxygen atoms in total. The standard InChI is InChI=1S/C33H33F2N3O4/c1-32(2,40)25-15-27(38-30(28(25)35)19-6-10-24(34)11-7-19)33(41,23-8-9-23)17-37-31(39)21-12-20-13-22(18-4-5-18)16-36-29(20)26(14-21)42-3/h6-7,10-16,18,23,40-41H,4-5,8-9,17H2,1-3H3,(H,37,39). The Hall–Kier alpha value is -3.95. The molecule has 42 heavy (non-hydrogen) atoms. The number of hydrogen-bond acceptors (Lipinski definition) is 6. The summed E-state index contributed by atoms with van der Waals surface area (Å²) >= 11 is 0. The average molecular weight is 574 g/mol.